The molecule has 0 aliphatic carbocycles. The Morgan fingerprint density at radius 1 is 1.35 bits per heavy atom. The maximum absolute atomic E-state index is 12.3. The van der Waals surface area contributed by atoms with E-state index in [1.165, 1.54) is 6.07 Å². The molecule has 0 aliphatic rings. The van der Waals surface area contributed by atoms with E-state index in [4.69, 9.17) is 10.3 Å². The van der Waals surface area contributed by atoms with Crippen molar-refractivity contribution in [1.29, 1.82) is 0 Å². The van der Waals surface area contributed by atoms with Gasteiger partial charge in [0.2, 0.25) is 10.0 Å². The van der Waals surface area contributed by atoms with Crippen LogP contribution in [-0.2, 0) is 16.6 Å². The van der Waals surface area contributed by atoms with Crippen LogP contribution in [0.15, 0.2) is 32.1 Å². The first-order chi connectivity index (χ1) is 9.29. The second-order valence-corrected chi connectivity index (χ2v) is 7.02. The second-order valence-electron chi connectivity index (χ2n) is 4.37. The van der Waals surface area contributed by atoms with Crippen molar-refractivity contribution >= 4 is 31.6 Å². The molecule has 1 heterocycles. The highest BCUT2D eigenvalue weighted by Gasteiger charge is 2.19. The van der Waals surface area contributed by atoms with E-state index in [0.29, 0.717) is 27.2 Å². The average Bonchev–Trinajstić information content (AvgIpc) is 2.77. The van der Waals surface area contributed by atoms with E-state index in [9.17, 15) is 8.42 Å². The van der Waals surface area contributed by atoms with Crippen LogP contribution in [-0.4, -0.2) is 13.6 Å². The zero-order chi connectivity index (χ0) is 14.9. The maximum atomic E-state index is 12.3. The smallest absolute Gasteiger partial charge is 0.241 e. The van der Waals surface area contributed by atoms with E-state index in [-0.39, 0.29) is 11.4 Å². The van der Waals surface area contributed by atoms with Gasteiger partial charge in [-0.3, -0.25) is 0 Å². The minimum Gasteiger partial charge on any atom is -0.398 e. The van der Waals surface area contributed by atoms with Crippen molar-refractivity contribution in [2.75, 3.05) is 5.73 Å². The molecular weight excluding hydrogens is 346 g/mol. The largest absolute Gasteiger partial charge is 0.398 e. The Morgan fingerprint density at radius 2 is 2.05 bits per heavy atom. The molecular formula is C12H14BrN3O3S. The summed E-state index contributed by atoms with van der Waals surface area (Å²) >= 11 is 3.24. The number of halogens is 1. The van der Waals surface area contributed by atoms with Gasteiger partial charge in [-0.25, -0.2) is 13.1 Å². The quantitative estimate of drug-likeness (QED) is 0.814. The van der Waals surface area contributed by atoms with Crippen molar-refractivity contribution in [3.63, 3.8) is 0 Å². The Kier molecular flexibility index (Phi) is 4.17. The summed E-state index contributed by atoms with van der Waals surface area (Å²) in [4.78, 5) is 0.143. The van der Waals surface area contributed by atoms with E-state index in [2.05, 4.69) is 25.8 Å². The van der Waals surface area contributed by atoms with Gasteiger partial charge < -0.3 is 10.3 Å². The van der Waals surface area contributed by atoms with Crippen LogP contribution in [0.2, 0.25) is 0 Å². The van der Waals surface area contributed by atoms with Gasteiger partial charge in [-0.2, -0.15) is 0 Å². The van der Waals surface area contributed by atoms with Crippen LogP contribution >= 0.6 is 15.9 Å². The summed E-state index contributed by atoms with van der Waals surface area (Å²) in [6.45, 7) is 3.46. The van der Waals surface area contributed by atoms with Gasteiger partial charge in [-0.15, -0.1) is 0 Å². The fourth-order valence-corrected chi connectivity index (χ4v) is 3.62. The lowest BCUT2D eigenvalue weighted by Crippen LogP contribution is -2.24. The monoisotopic (exact) mass is 359 g/mol. The Labute approximate surface area is 125 Å². The Balaban J connectivity index is 2.27. The molecule has 0 amide bonds. The van der Waals surface area contributed by atoms with Crippen LogP contribution in [0.25, 0.3) is 0 Å². The number of hydrogen-bond donors (Lipinski definition) is 2. The van der Waals surface area contributed by atoms with Crippen molar-refractivity contribution < 1.29 is 12.9 Å². The van der Waals surface area contributed by atoms with Crippen LogP contribution in [0.3, 0.4) is 0 Å². The lowest BCUT2D eigenvalue weighted by molar-refractivity contribution is 0.390. The van der Waals surface area contributed by atoms with Gasteiger partial charge in [0.25, 0.3) is 0 Å². The minimum absolute atomic E-state index is 0.0610. The summed E-state index contributed by atoms with van der Waals surface area (Å²) in [6.07, 6.45) is 0. The standard InChI is InChI=1S/C12H14BrN3O3S/c1-7-3-10(16-19-7)6-15-20(17,18)12-5-9(13)4-11(14)8(12)2/h3-5,15H,6,14H2,1-2H3. The molecule has 8 heteroatoms. The normalized spacial score (nSPS) is 11.8. The number of nitrogen functional groups attached to an aromatic ring is 1. The zero-order valence-electron chi connectivity index (χ0n) is 11.0. The van der Waals surface area contributed by atoms with Crippen LogP contribution in [0.5, 0.6) is 0 Å². The molecule has 2 rings (SSSR count). The molecule has 0 unspecified atom stereocenters. The van der Waals surface area contributed by atoms with E-state index >= 15 is 0 Å². The third-order valence-corrected chi connectivity index (χ3v) is 4.76. The van der Waals surface area contributed by atoms with Crippen LogP contribution < -0.4 is 10.5 Å². The molecule has 3 N–H and O–H groups in total. The Morgan fingerprint density at radius 3 is 2.65 bits per heavy atom. The molecule has 0 fully saturated rings. The molecule has 0 bridgehead atoms. The first-order valence-corrected chi connectivity index (χ1v) is 8.04. The SMILES string of the molecule is Cc1cc(CNS(=O)(=O)c2cc(Br)cc(N)c2C)no1. The molecule has 0 radical (unpaired) electrons. The van der Waals surface area contributed by atoms with E-state index in [1.807, 2.05) is 0 Å². The first kappa shape index (κ1) is 15.0. The van der Waals surface area contributed by atoms with Gasteiger partial charge in [0.05, 0.1) is 17.1 Å². The summed E-state index contributed by atoms with van der Waals surface area (Å²) in [7, 11) is -3.67. The van der Waals surface area contributed by atoms with Gasteiger partial charge in [0, 0.05) is 16.2 Å². The fraction of sp³-hybridized carbons (Fsp3) is 0.250. The third kappa shape index (κ3) is 3.20. The predicted molar refractivity (Wildman–Crippen MR) is 78.6 cm³/mol. The van der Waals surface area contributed by atoms with E-state index < -0.39 is 10.0 Å². The van der Waals surface area contributed by atoms with Crippen molar-refractivity contribution in [3.05, 3.63) is 39.7 Å². The number of nitrogens with zero attached hydrogens (tertiary/aromatic N) is 1. The lowest BCUT2D eigenvalue weighted by atomic mass is 10.2. The molecule has 0 spiro atoms. The number of nitrogens with one attached hydrogen (secondary N) is 1. The first-order valence-electron chi connectivity index (χ1n) is 5.77. The number of rotatable bonds is 4. The number of aromatic nitrogens is 1. The highest BCUT2D eigenvalue weighted by Crippen LogP contribution is 2.26. The summed E-state index contributed by atoms with van der Waals surface area (Å²) < 4.78 is 32.6. The highest BCUT2D eigenvalue weighted by molar-refractivity contribution is 9.10. The van der Waals surface area contributed by atoms with E-state index in [1.54, 1.807) is 26.0 Å². The second kappa shape index (κ2) is 5.55. The Bertz CT molecular complexity index is 740. The fourth-order valence-electron chi connectivity index (χ4n) is 1.70. The van der Waals surface area contributed by atoms with Gasteiger partial charge in [0.1, 0.15) is 5.76 Å². The molecule has 1 aromatic carbocycles. The Hall–Kier alpha value is -1.38. The topological polar surface area (TPSA) is 98.2 Å². The summed E-state index contributed by atoms with van der Waals surface area (Å²) in [6, 6.07) is 4.85. The summed E-state index contributed by atoms with van der Waals surface area (Å²) in [5, 5.41) is 3.73. The summed E-state index contributed by atoms with van der Waals surface area (Å²) in [5.41, 5.74) is 7.22. The molecule has 0 saturated heterocycles. The number of anilines is 1. The van der Waals surface area contributed by atoms with Gasteiger partial charge >= 0.3 is 0 Å². The molecule has 0 atom stereocenters. The molecule has 108 valence electrons. The minimum atomic E-state index is -3.67. The molecule has 1 aromatic heterocycles. The molecule has 0 saturated carbocycles. The average molecular weight is 360 g/mol. The highest BCUT2D eigenvalue weighted by atomic mass is 79.9. The molecule has 2 aromatic rings. The maximum Gasteiger partial charge on any atom is 0.241 e. The van der Waals surface area contributed by atoms with Gasteiger partial charge in [-0.05, 0) is 31.5 Å². The van der Waals surface area contributed by atoms with Crippen molar-refractivity contribution in [2.45, 2.75) is 25.3 Å². The number of benzene rings is 1. The van der Waals surface area contributed by atoms with Gasteiger partial charge in [0.15, 0.2) is 0 Å². The number of sulfonamides is 1. The number of aryl methyl sites for hydroxylation is 1. The van der Waals surface area contributed by atoms with Gasteiger partial charge in [-0.1, -0.05) is 21.1 Å². The number of hydrogen-bond acceptors (Lipinski definition) is 5. The lowest BCUT2D eigenvalue weighted by Gasteiger charge is -2.11. The van der Waals surface area contributed by atoms with Crippen LogP contribution in [0.4, 0.5) is 5.69 Å². The van der Waals surface area contributed by atoms with Crippen molar-refractivity contribution in [2.24, 2.45) is 0 Å². The molecule has 6 nitrogen and oxygen atoms in total. The van der Waals surface area contributed by atoms with Crippen molar-refractivity contribution in [3.8, 4) is 0 Å². The summed E-state index contributed by atoms with van der Waals surface area (Å²) in [5.74, 6) is 0.627. The predicted octanol–water partition coefficient (Wildman–Crippen LogP) is 2.11. The van der Waals surface area contributed by atoms with Crippen LogP contribution in [0.1, 0.15) is 17.0 Å². The third-order valence-electron chi connectivity index (χ3n) is 2.77. The zero-order valence-corrected chi connectivity index (χ0v) is 13.4. The molecule has 0 aliphatic heterocycles. The van der Waals surface area contributed by atoms with Crippen LogP contribution in [0, 0.1) is 13.8 Å². The number of nitrogens with two attached hydrogens (primary N) is 1. The van der Waals surface area contributed by atoms with E-state index in [0.717, 1.165) is 0 Å². The molecule has 20 heavy (non-hydrogen) atoms. The van der Waals surface area contributed by atoms with Crippen molar-refractivity contribution in [1.82, 2.24) is 9.88 Å².